The zero-order chi connectivity index (χ0) is 13.1. The molecule has 0 radical (unpaired) electrons. The number of nitrogens with zero attached hydrogens (tertiary/aromatic N) is 3. The Kier molecular flexibility index (Phi) is 3.77. The van der Waals surface area contributed by atoms with Crippen molar-refractivity contribution >= 4 is 0 Å². The van der Waals surface area contributed by atoms with Crippen molar-refractivity contribution in [1.82, 2.24) is 14.5 Å². The predicted octanol–water partition coefficient (Wildman–Crippen LogP) is 2.27. The lowest BCUT2D eigenvalue weighted by Crippen LogP contribution is -2.20. The molecule has 0 aliphatic rings. The SMILES string of the molecule is Cc1ncccc1-n1cncc1C(CN)C(C)C. The van der Waals surface area contributed by atoms with Crippen molar-refractivity contribution in [3.63, 3.8) is 0 Å². The molecule has 0 fully saturated rings. The number of rotatable bonds is 4. The fraction of sp³-hybridized carbons (Fsp3) is 0.429. The van der Waals surface area contributed by atoms with Crippen molar-refractivity contribution in [1.29, 1.82) is 0 Å². The van der Waals surface area contributed by atoms with Crippen LogP contribution < -0.4 is 5.73 Å². The summed E-state index contributed by atoms with van der Waals surface area (Å²) in [7, 11) is 0. The lowest BCUT2D eigenvalue weighted by molar-refractivity contribution is 0.489. The summed E-state index contributed by atoms with van der Waals surface area (Å²) in [6.07, 6.45) is 5.55. The van der Waals surface area contributed by atoms with E-state index in [1.807, 2.05) is 25.5 Å². The molecule has 0 aliphatic heterocycles. The van der Waals surface area contributed by atoms with Gasteiger partial charge in [0.1, 0.15) is 0 Å². The minimum atomic E-state index is 0.312. The van der Waals surface area contributed by atoms with Gasteiger partial charge in [-0.05, 0) is 25.0 Å². The zero-order valence-electron chi connectivity index (χ0n) is 11.2. The topological polar surface area (TPSA) is 56.7 Å². The van der Waals surface area contributed by atoms with Crippen LogP contribution in [0.15, 0.2) is 30.9 Å². The van der Waals surface area contributed by atoms with E-state index in [9.17, 15) is 0 Å². The third kappa shape index (κ3) is 2.29. The van der Waals surface area contributed by atoms with Crippen molar-refractivity contribution in [2.24, 2.45) is 11.7 Å². The van der Waals surface area contributed by atoms with Gasteiger partial charge in [-0.3, -0.25) is 4.98 Å². The average molecular weight is 244 g/mol. The molecular formula is C14H20N4. The van der Waals surface area contributed by atoms with E-state index in [4.69, 9.17) is 5.73 Å². The molecule has 0 saturated heterocycles. The second-order valence-electron chi connectivity index (χ2n) is 4.88. The fourth-order valence-electron chi connectivity index (χ4n) is 2.25. The van der Waals surface area contributed by atoms with Crippen LogP contribution in [-0.4, -0.2) is 21.1 Å². The third-order valence-electron chi connectivity index (χ3n) is 3.34. The van der Waals surface area contributed by atoms with E-state index in [0.717, 1.165) is 17.1 Å². The van der Waals surface area contributed by atoms with Crippen LogP contribution in [0.3, 0.4) is 0 Å². The Morgan fingerprint density at radius 3 is 2.78 bits per heavy atom. The first-order valence-corrected chi connectivity index (χ1v) is 6.29. The lowest BCUT2D eigenvalue weighted by atomic mass is 9.93. The summed E-state index contributed by atoms with van der Waals surface area (Å²) in [5.74, 6) is 0.800. The Labute approximate surface area is 108 Å². The molecule has 1 unspecified atom stereocenters. The van der Waals surface area contributed by atoms with Crippen LogP contribution >= 0.6 is 0 Å². The highest BCUT2D eigenvalue weighted by Gasteiger charge is 2.19. The lowest BCUT2D eigenvalue weighted by Gasteiger charge is -2.21. The molecule has 2 aromatic heterocycles. The third-order valence-corrected chi connectivity index (χ3v) is 3.34. The van der Waals surface area contributed by atoms with E-state index in [2.05, 4.69) is 34.4 Å². The second kappa shape index (κ2) is 5.31. The van der Waals surface area contributed by atoms with Gasteiger partial charge in [-0.1, -0.05) is 13.8 Å². The van der Waals surface area contributed by atoms with Gasteiger partial charge in [0.15, 0.2) is 0 Å². The first kappa shape index (κ1) is 12.8. The van der Waals surface area contributed by atoms with Crippen molar-refractivity contribution in [3.8, 4) is 5.69 Å². The first-order chi connectivity index (χ1) is 8.65. The maximum atomic E-state index is 5.89. The van der Waals surface area contributed by atoms with Gasteiger partial charge in [-0.25, -0.2) is 4.98 Å². The van der Waals surface area contributed by atoms with Crippen LogP contribution in [0.5, 0.6) is 0 Å². The minimum absolute atomic E-state index is 0.312. The summed E-state index contributed by atoms with van der Waals surface area (Å²) >= 11 is 0. The molecule has 2 aromatic rings. The van der Waals surface area contributed by atoms with E-state index >= 15 is 0 Å². The van der Waals surface area contributed by atoms with Gasteiger partial charge < -0.3 is 10.3 Å². The molecule has 2 N–H and O–H groups in total. The molecule has 4 heteroatoms. The monoisotopic (exact) mass is 244 g/mol. The Balaban J connectivity index is 2.48. The molecule has 0 saturated carbocycles. The normalized spacial score (nSPS) is 12.9. The number of aryl methyl sites for hydroxylation is 1. The largest absolute Gasteiger partial charge is 0.330 e. The first-order valence-electron chi connectivity index (χ1n) is 6.29. The summed E-state index contributed by atoms with van der Waals surface area (Å²) in [5.41, 5.74) is 9.12. The minimum Gasteiger partial charge on any atom is -0.330 e. The average Bonchev–Trinajstić information content (AvgIpc) is 2.79. The number of hydrogen-bond donors (Lipinski definition) is 1. The van der Waals surface area contributed by atoms with Gasteiger partial charge >= 0.3 is 0 Å². The molecule has 0 bridgehead atoms. The van der Waals surface area contributed by atoms with Gasteiger partial charge in [-0.2, -0.15) is 0 Å². The van der Waals surface area contributed by atoms with Gasteiger partial charge in [0.25, 0.3) is 0 Å². The maximum absolute atomic E-state index is 5.89. The van der Waals surface area contributed by atoms with Gasteiger partial charge in [-0.15, -0.1) is 0 Å². The predicted molar refractivity (Wildman–Crippen MR) is 72.7 cm³/mol. The summed E-state index contributed by atoms with van der Waals surface area (Å²) in [6.45, 7) is 7.00. The quantitative estimate of drug-likeness (QED) is 0.897. The Morgan fingerprint density at radius 2 is 2.17 bits per heavy atom. The van der Waals surface area contributed by atoms with Crippen LogP contribution in [0, 0.1) is 12.8 Å². The van der Waals surface area contributed by atoms with Crippen LogP contribution in [0.25, 0.3) is 5.69 Å². The summed E-state index contributed by atoms with van der Waals surface area (Å²) in [4.78, 5) is 8.60. The molecule has 0 amide bonds. The van der Waals surface area contributed by atoms with Crippen molar-refractivity contribution in [3.05, 3.63) is 42.2 Å². The van der Waals surface area contributed by atoms with Crippen molar-refractivity contribution in [2.75, 3.05) is 6.54 Å². The van der Waals surface area contributed by atoms with E-state index in [1.54, 1.807) is 6.20 Å². The highest BCUT2D eigenvalue weighted by molar-refractivity contribution is 5.37. The maximum Gasteiger partial charge on any atom is 0.0994 e. The van der Waals surface area contributed by atoms with E-state index in [0.29, 0.717) is 18.4 Å². The molecule has 0 aliphatic carbocycles. The standard InChI is InChI=1S/C14H20N4/c1-10(2)12(7-15)14-8-16-9-18(14)13-5-4-6-17-11(13)3/h4-6,8-10,12H,7,15H2,1-3H3. The van der Waals surface area contributed by atoms with Crippen molar-refractivity contribution < 1.29 is 0 Å². The highest BCUT2D eigenvalue weighted by atomic mass is 15.1. The van der Waals surface area contributed by atoms with Crippen LogP contribution in [-0.2, 0) is 0 Å². The summed E-state index contributed by atoms with van der Waals surface area (Å²) in [5, 5.41) is 0. The molecule has 2 rings (SSSR count). The number of pyridine rings is 1. The van der Waals surface area contributed by atoms with E-state index in [1.165, 1.54) is 0 Å². The molecule has 4 nitrogen and oxygen atoms in total. The molecule has 1 atom stereocenters. The molecular weight excluding hydrogens is 224 g/mol. The van der Waals surface area contributed by atoms with E-state index < -0.39 is 0 Å². The Bertz CT molecular complexity index is 516. The fourth-order valence-corrected chi connectivity index (χ4v) is 2.25. The summed E-state index contributed by atoms with van der Waals surface area (Å²) < 4.78 is 2.10. The van der Waals surface area contributed by atoms with Gasteiger partial charge in [0.05, 0.1) is 17.7 Å². The number of hydrogen-bond acceptors (Lipinski definition) is 3. The number of nitrogens with two attached hydrogens (primary N) is 1. The van der Waals surface area contributed by atoms with Gasteiger partial charge in [0, 0.05) is 30.6 Å². The molecule has 0 aromatic carbocycles. The van der Waals surface area contributed by atoms with Crippen LogP contribution in [0.4, 0.5) is 0 Å². The molecule has 2 heterocycles. The van der Waals surface area contributed by atoms with Crippen molar-refractivity contribution in [2.45, 2.75) is 26.7 Å². The molecule has 96 valence electrons. The smallest absolute Gasteiger partial charge is 0.0994 e. The Hall–Kier alpha value is -1.68. The van der Waals surface area contributed by atoms with E-state index in [-0.39, 0.29) is 0 Å². The van der Waals surface area contributed by atoms with Crippen LogP contribution in [0.2, 0.25) is 0 Å². The highest BCUT2D eigenvalue weighted by Crippen LogP contribution is 2.25. The van der Waals surface area contributed by atoms with Gasteiger partial charge in [0.2, 0.25) is 0 Å². The van der Waals surface area contributed by atoms with Crippen LogP contribution in [0.1, 0.15) is 31.2 Å². The number of aromatic nitrogens is 3. The second-order valence-corrected chi connectivity index (χ2v) is 4.88. The number of imidazole rings is 1. The molecule has 18 heavy (non-hydrogen) atoms. The Morgan fingerprint density at radius 1 is 1.39 bits per heavy atom. The zero-order valence-corrected chi connectivity index (χ0v) is 11.2. The summed E-state index contributed by atoms with van der Waals surface area (Å²) in [6, 6.07) is 4.00. The molecule has 0 spiro atoms.